The number of esters is 1. The normalized spacial score (nSPS) is 19.0. The van der Waals surface area contributed by atoms with E-state index >= 15 is 0 Å². The van der Waals surface area contributed by atoms with Gasteiger partial charge in [-0.05, 0) is 54.9 Å². The van der Waals surface area contributed by atoms with Crippen LogP contribution in [0, 0.1) is 16.7 Å². The maximum absolute atomic E-state index is 14.4. The molecule has 7 heteroatoms. The second kappa shape index (κ2) is 11.6. The summed E-state index contributed by atoms with van der Waals surface area (Å²) in [6, 6.07) is 19.9. The van der Waals surface area contributed by atoms with E-state index in [1.54, 1.807) is 6.20 Å². The van der Waals surface area contributed by atoms with Gasteiger partial charge in [0.15, 0.2) is 0 Å². The summed E-state index contributed by atoms with van der Waals surface area (Å²) in [6.45, 7) is 9.97. The molecule has 0 saturated heterocycles. The van der Waals surface area contributed by atoms with Gasteiger partial charge >= 0.3 is 5.97 Å². The number of aromatic nitrogens is 3. The monoisotopic (exact) mass is 564 g/mol. The Morgan fingerprint density at radius 2 is 1.79 bits per heavy atom. The Kier molecular flexibility index (Phi) is 8.10. The second-order valence-corrected chi connectivity index (χ2v) is 12.6. The topological polar surface area (TPSA) is 89.4 Å². The lowest BCUT2D eigenvalue weighted by molar-refractivity contribution is -0.178. The molecule has 0 bridgehead atoms. The van der Waals surface area contributed by atoms with Gasteiger partial charge in [-0.25, -0.2) is 4.52 Å². The number of rotatable bonds is 7. The predicted octanol–water partition coefficient (Wildman–Crippen LogP) is 7.04. The van der Waals surface area contributed by atoms with Gasteiger partial charge in [-0.3, -0.25) is 14.2 Å². The molecular weight excluding hydrogens is 524 g/mol. The van der Waals surface area contributed by atoms with Crippen molar-refractivity contribution in [3.63, 3.8) is 0 Å². The van der Waals surface area contributed by atoms with E-state index < -0.39 is 5.60 Å². The molecule has 1 saturated carbocycles. The Hall–Kier alpha value is -4.18. The van der Waals surface area contributed by atoms with Crippen molar-refractivity contribution >= 4 is 11.6 Å². The van der Waals surface area contributed by atoms with Crippen molar-refractivity contribution < 1.29 is 9.53 Å². The number of hydrogen-bond acceptors (Lipinski definition) is 5. The molecule has 5 rings (SSSR count). The summed E-state index contributed by atoms with van der Waals surface area (Å²) in [7, 11) is 0. The Morgan fingerprint density at radius 1 is 1.10 bits per heavy atom. The molecule has 2 aromatic heterocycles. The molecule has 0 radical (unpaired) electrons. The third-order valence-corrected chi connectivity index (χ3v) is 8.96. The molecule has 1 fully saturated rings. The van der Waals surface area contributed by atoms with Gasteiger partial charge < -0.3 is 4.74 Å². The third-order valence-electron chi connectivity index (χ3n) is 8.96. The van der Waals surface area contributed by atoms with Crippen molar-refractivity contribution in [3.05, 3.63) is 93.5 Å². The Balaban J connectivity index is 1.52. The van der Waals surface area contributed by atoms with Crippen molar-refractivity contribution in [2.45, 2.75) is 91.2 Å². The van der Waals surface area contributed by atoms with E-state index in [2.05, 4.69) is 38.9 Å². The van der Waals surface area contributed by atoms with Crippen molar-refractivity contribution in [2.75, 3.05) is 0 Å². The molecule has 7 nitrogen and oxygen atoms in total. The zero-order chi connectivity index (χ0) is 30.1. The molecule has 0 aliphatic heterocycles. The highest BCUT2D eigenvalue weighted by Gasteiger charge is 2.48. The number of nitriles is 1. The maximum atomic E-state index is 14.4. The average Bonchev–Trinajstić information content (AvgIpc) is 3.44. The maximum Gasteiger partial charge on any atom is 0.303 e. The molecule has 1 aliphatic rings. The number of nitrogens with zero attached hydrogens (tertiary/aromatic N) is 4. The van der Waals surface area contributed by atoms with Crippen LogP contribution in [0.5, 0.6) is 0 Å². The Morgan fingerprint density at radius 3 is 2.40 bits per heavy atom. The molecule has 4 aromatic rings. The summed E-state index contributed by atoms with van der Waals surface area (Å²) >= 11 is 0. The van der Waals surface area contributed by atoms with Crippen LogP contribution in [0.3, 0.4) is 0 Å². The number of carbonyl (C=O) groups excluding carboxylic acids is 1. The minimum absolute atomic E-state index is 0.0120. The van der Waals surface area contributed by atoms with Crippen LogP contribution in [0.25, 0.3) is 16.8 Å². The van der Waals surface area contributed by atoms with Gasteiger partial charge in [0.25, 0.3) is 5.56 Å². The minimum atomic E-state index is -0.549. The van der Waals surface area contributed by atoms with Gasteiger partial charge in [-0.1, -0.05) is 76.6 Å². The largest absolute Gasteiger partial charge is 0.459 e. The van der Waals surface area contributed by atoms with E-state index in [9.17, 15) is 14.9 Å². The molecule has 0 spiro atoms. The van der Waals surface area contributed by atoms with Gasteiger partial charge in [-0.2, -0.15) is 10.4 Å². The summed E-state index contributed by atoms with van der Waals surface area (Å²) < 4.78 is 9.88. The van der Waals surface area contributed by atoms with Gasteiger partial charge in [0, 0.05) is 36.4 Å². The van der Waals surface area contributed by atoms with Crippen molar-refractivity contribution in [1.82, 2.24) is 14.2 Å². The van der Waals surface area contributed by atoms with Gasteiger partial charge in [0.1, 0.15) is 11.2 Å². The summed E-state index contributed by atoms with van der Waals surface area (Å²) in [4.78, 5) is 26.4. The highest BCUT2D eigenvalue weighted by molar-refractivity contribution is 5.70. The molecule has 0 unspecified atom stereocenters. The first-order chi connectivity index (χ1) is 20.1. The summed E-state index contributed by atoms with van der Waals surface area (Å²) in [5, 5.41) is 14.2. The van der Waals surface area contributed by atoms with Crippen LogP contribution in [-0.4, -0.2) is 25.8 Å². The fraction of sp³-hybridized carbons (Fsp3) is 0.429. The van der Waals surface area contributed by atoms with E-state index in [0.29, 0.717) is 24.8 Å². The van der Waals surface area contributed by atoms with Gasteiger partial charge in [-0.15, -0.1) is 0 Å². The lowest BCUT2D eigenvalue weighted by Gasteiger charge is -2.48. The summed E-state index contributed by atoms with van der Waals surface area (Å²) in [5.41, 5.74) is 5.36. The number of aryl methyl sites for hydroxylation is 1. The van der Waals surface area contributed by atoms with Crippen LogP contribution < -0.4 is 5.56 Å². The zero-order valence-electron chi connectivity index (χ0n) is 25.3. The second-order valence-electron chi connectivity index (χ2n) is 12.6. The summed E-state index contributed by atoms with van der Waals surface area (Å²) in [5.74, 6) is -0.257. The Labute approximate surface area is 247 Å². The molecule has 2 heterocycles. The van der Waals surface area contributed by atoms with E-state index in [4.69, 9.17) is 4.74 Å². The fourth-order valence-electron chi connectivity index (χ4n) is 6.66. The minimum Gasteiger partial charge on any atom is -0.459 e. The molecule has 2 aromatic carbocycles. The van der Waals surface area contributed by atoms with E-state index in [0.717, 1.165) is 59.3 Å². The SMILES string of the molecule is CCCc1c(Cc2ccc(-c3ccccc3C#N)cc2)c(=O)n(C2CCC(OC(C)=O)(C(C)(C)C)CC2)c2ccnn12. The van der Waals surface area contributed by atoms with Crippen molar-refractivity contribution in [3.8, 4) is 17.2 Å². The highest BCUT2D eigenvalue weighted by Crippen LogP contribution is 2.47. The molecule has 1 aliphatic carbocycles. The standard InChI is InChI=1S/C35H40N4O3/c1-6-9-31-30(22-25-12-14-26(15-13-25)29-11-8-7-10-27(29)23-36)33(41)38(32-18-21-37-39(31)32)28-16-19-35(20-17-28,34(3,4)5)42-24(2)40/h7-8,10-15,18,21,28H,6,9,16-17,19-20,22H2,1-5H3. The van der Waals surface area contributed by atoms with E-state index in [1.165, 1.54) is 6.92 Å². The van der Waals surface area contributed by atoms with Crippen LogP contribution in [0.1, 0.15) is 95.1 Å². The summed E-state index contributed by atoms with van der Waals surface area (Å²) in [6.07, 6.45) is 6.80. The number of fused-ring (bicyclic) bond motifs is 1. The van der Waals surface area contributed by atoms with Crippen LogP contribution in [0.15, 0.2) is 65.6 Å². The van der Waals surface area contributed by atoms with Crippen LogP contribution in [-0.2, 0) is 22.4 Å². The number of hydrogen-bond donors (Lipinski definition) is 0. The van der Waals surface area contributed by atoms with Gasteiger partial charge in [0.2, 0.25) is 0 Å². The van der Waals surface area contributed by atoms with E-state index in [-0.39, 0.29) is 23.0 Å². The molecule has 0 N–H and O–H groups in total. The fourth-order valence-corrected chi connectivity index (χ4v) is 6.66. The molecule has 0 amide bonds. The average molecular weight is 565 g/mol. The molecule has 42 heavy (non-hydrogen) atoms. The first-order valence-electron chi connectivity index (χ1n) is 15.0. The number of benzene rings is 2. The van der Waals surface area contributed by atoms with Crippen LogP contribution in [0.4, 0.5) is 0 Å². The molecule has 218 valence electrons. The molecular formula is C35H40N4O3. The van der Waals surface area contributed by atoms with Crippen molar-refractivity contribution in [2.24, 2.45) is 5.41 Å². The lowest BCUT2D eigenvalue weighted by Crippen LogP contribution is -2.50. The first kappa shape index (κ1) is 29.3. The zero-order valence-corrected chi connectivity index (χ0v) is 25.3. The van der Waals surface area contributed by atoms with Crippen molar-refractivity contribution in [1.29, 1.82) is 5.26 Å². The number of ether oxygens (including phenoxy) is 1. The first-order valence-corrected chi connectivity index (χ1v) is 15.0. The van der Waals surface area contributed by atoms with Crippen LogP contribution in [0.2, 0.25) is 0 Å². The highest BCUT2D eigenvalue weighted by atomic mass is 16.6. The quantitative estimate of drug-likeness (QED) is 0.225. The number of carbonyl (C=O) groups is 1. The van der Waals surface area contributed by atoms with Gasteiger partial charge in [0.05, 0.1) is 23.5 Å². The Bertz CT molecular complexity index is 1690. The predicted molar refractivity (Wildman–Crippen MR) is 164 cm³/mol. The smallest absolute Gasteiger partial charge is 0.303 e. The van der Waals surface area contributed by atoms with Crippen LogP contribution >= 0.6 is 0 Å². The third kappa shape index (κ3) is 5.38. The molecule has 0 atom stereocenters. The lowest BCUT2D eigenvalue weighted by atomic mass is 9.67. The van der Waals surface area contributed by atoms with E-state index in [1.807, 2.05) is 63.7 Å².